The van der Waals surface area contributed by atoms with E-state index in [2.05, 4.69) is 41.8 Å². The summed E-state index contributed by atoms with van der Waals surface area (Å²) < 4.78 is 0. The predicted molar refractivity (Wildman–Crippen MR) is 124 cm³/mol. The van der Waals surface area contributed by atoms with Crippen LogP contribution in [-0.2, 0) is 11.2 Å². The van der Waals surface area contributed by atoms with Crippen LogP contribution >= 0.6 is 24.0 Å². The second-order valence-corrected chi connectivity index (χ2v) is 8.54. The number of rotatable bonds is 5. The Balaban J connectivity index is 0.00000225. The van der Waals surface area contributed by atoms with Crippen LogP contribution in [0.2, 0.25) is 0 Å². The molecule has 4 unspecified atom stereocenters. The molecule has 1 aromatic rings. The number of likely N-dealkylation sites (tertiary alicyclic amines) is 1. The molecule has 1 amide bonds. The summed E-state index contributed by atoms with van der Waals surface area (Å²) in [5.74, 6) is 3.43. The van der Waals surface area contributed by atoms with Crippen LogP contribution in [0.15, 0.2) is 29.3 Å². The van der Waals surface area contributed by atoms with Gasteiger partial charge in [-0.25, -0.2) is 0 Å². The summed E-state index contributed by atoms with van der Waals surface area (Å²) in [6.45, 7) is 9.41. The Morgan fingerprint density at radius 3 is 2.86 bits per heavy atom. The fourth-order valence-corrected chi connectivity index (χ4v) is 4.89. The van der Waals surface area contributed by atoms with E-state index in [1.54, 1.807) is 11.1 Å². The van der Waals surface area contributed by atoms with Crippen molar-refractivity contribution in [2.45, 2.75) is 45.6 Å². The summed E-state index contributed by atoms with van der Waals surface area (Å²) in [6.07, 6.45) is 2.21. The number of carbonyl (C=O) groups is 1. The number of guanidine groups is 1. The van der Waals surface area contributed by atoms with Crippen molar-refractivity contribution < 1.29 is 4.79 Å². The monoisotopic (exact) mass is 496 g/mol. The molecule has 1 aliphatic heterocycles. The minimum absolute atomic E-state index is 0. The number of nitrogens with one attached hydrogen (secondary N) is 2. The van der Waals surface area contributed by atoms with Crippen molar-refractivity contribution in [2.24, 2.45) is 22.7 Å². The van der Waals surface area contributed by atoms with Crippen LogP contribution in [0.4, 0.5) is 0 Å². The van der Waals surface area contributed by atoms with Crippen molar-refractivity contribution in [1.29, 1.82) is 0 Å². The van der Waals surface area contributed by atoms with Crippen LogP contribution in [0.25, 0.3) is 0 Å². The Bertz CT molecular complexity index is 735. The molecule has 28 heavy (non-hydrogen) atoms. The molecular weight excluding hydrogens is 463 g/mol. The molecular formula is C22H33IN4O. The van der Waals surface area contributed by atoms with Crippen LogP contribution in [0, 0.1) is 17.8 Å². The molecule has 2 N–H and O–H groups in total. The molecule has 0 spiro atoms. The third kappa shape index (κ3) is 4.31. The highest BCUT2D eigenvalue weighted by atomic mass is 127. The summed E-state index contributed by atoms with van der Waals surface area (Å²) in [6, 6.07) is 9.18. The Hall–Kier alpha value is -1.31. The van der Waals surface area contributed by atoms with Gasteiger partial charge in [0.15, 0.2) is 5.96 Å². The van der Waals surface area contributed by atoms with Gasteiger partial charge >= 0.3 is 0 Å². The van der Waals surface area contributed by atoms with Crippen molar-refractivity contribution in [3.63, 3.8) is 0 Å². The summed E-state index contributed by atoms with van der Waals surface area (Å²) in [4.78, 5) is 19.1. The minimum atomic E-state index is 0. The molecule has 4 rings (SSSR count). The van der Waals surface area contributed by atoms with Gasteiger partial charge in [0.05, 0.1) is 0 Å². The zero-order valence-electron chi connectivity index (χ0n) is 17.1. The summed E-state index contributed by atoms with van der Waals surface area (Å²) in [5, 5.41) is 6.93. The number of hydrogen-bond acceptors (Lipinski definition) is 2. The first-order valence-electron chi connectivity index (χ1n) is 10.5. The Morgan fingerprint density at radius 2 is 2.11 bits per heavy atom. The largest absolute Gasteiger partial charge is 0.357 e. The zero-order chi connectivity index (χ0) is 19.0. The molecule has 2 fully saturated rings. The molecule has 1 saturated carbocycles. The number of benzene rings is 1. The molecule has 3 aliphatic rings. The minimum Gasteiger partial charge on any atom is -0.357 e. The van der Waals surface area contributed by atoms with Crippen molar-refractivity contribution >= 4 is 35.8 Å². The van der Waals surface area contributed by atoms with Gasteiger partial charge in [-0.2, -0.15) is 0 Å². The quantitative estimate of drug-likeness (QED) is 0.375. The van der Waals surface area contributed by atoms with Gasteiger partial charge in [-0.15, -0.1) is 24.0 Å². The molecule has 0 bridgehead atoms. The maximum Gasteiger partial charge on any atom is 0.225 e. The lowest BCUT2D eigenvalue weighted by atomic mass is 10.0. The van der Waals surface area contributed by atoms with Crippen LogP contribution in [0.1, 0.15) is 44.2 Å². The molecule has 0 aromatic heterocycles. The molecule has 2 aliphatic carbocycles. The molecule has 1 saturated heterocycles. The van der Waals surface area contributed by atoms with E-state index in [1.807, 2.05) is 18.7 Å². The summed E-state index contributed by atoms with van der Waals surface area (Å²) >= 11 is 0. The van der Waals surface area contributed by atoms with Gasteiger partial charge < -0.3 is 15.5 Å². The number of carbonyl (C=O) groups excluding carboxylic acids is 1. The first-order chi connectivity index (χ1) is 13.1. The van der Waals surface area contributed by atoms with Crippen molar-refractivity contribution in [2.75, 3.05) is 26.2 Å². The molecule has 154 valence electrons. The number of nitrogens with zero attached hydrogens (tertiary/aromatic N) is 2. The van der Waals surface area contributed by atoms with E-state index < -0.39 is 0 Å². The van der Waals surface area contributed by atoms with Gasteiger partial charge in [-0.3, -0.25) is 9.79 Å². The first-order valence-corrected chi connectivity index (χ1v) is 10.5. The number of hydrogen-bond donors (Lipinski definition) is 2. The molecule has 1 heterocycles. The maximum absolute atomic E-state index is 12.2. The van der Waals surface area contributed by atoms with E-state index in [9.17, 15) is 4.79 Å². The molecule has 4 atom stereocenters. The lowest BCUT2D eigenvalue weighted by Crippen LogP contribution is -2.45. The average molecular weight is 496 g/mol. The predicted octanol–water partition coefficient (Wildman–Crippen LogP) is 3.00. The lowest BCUT2D eigenvalue weighted by Gasteiger charge is -2.20. The van der Waals surface area contributed by atoms with E-state index >= 15 is 0 Å². The number of fused-ring (bicyclic) bond motifs is 3. The summed E-state index contributed by atoms with van der Waals surface area (Å²) in [5.41, 5.74) is 3.10. The average Bonchev–Trinajstić information content (AvgIpc) is 2.99. The molecule has 5 nitrogen and oxygen atoms in total. The van der Waals surface area contributed by atoms with E-state index in [4.69, 9.17) is 4.99 Å². The van der Waals surface area contributed by atoms with E-state index in [0.717, 1.165) is 50.4 Å². The SMILES string of the molecule is CCNC(=NCC1C2Cc3ccccc3C12)NC1CCN(C(=O)C(C)C)C1.I. The second kappa shape index (κ2) is 9.01. The fourth-order valence-electron chi connectivity index (χ4n) is 4.89. The van der Waals surface area contributed by atoms with Crippen molar-refractivity contribution in [1.82, 2.24) is 15.5 Å². The normalized spacial score (nSPS) is 27.9. The summed E-state index contributed by atoms with van der Waals surface area (Å²) in [7, 11) is 0. The molecule has 1 aromatic carbocycles. The smallest absolute Gasteiger partial charge is 0.225 e. The van der Waals surface area contributed by atoms with Gasteiger partial charge in [0.25, 0.3) is 0 Å². The lowest BCUT2D eigenvalue weighted by molar-refractivity contribution is -0.133. The number of aliphatic imine (C=N–C) groups is 1. The standard InChI is InChI=1S/C22H32N4O.HI/c1-4-23-22(25-16-9-10-26(13-16)21(27)14(2)3)24-12-19-18-11-15-7-5-6-8-17(15)20(18)19;/h5-8,14,16,18-20H,4,9-13H2,1-3H3,(H2,23,24,25);1H. The van der Waals surface area contributed by atoms with E-state index in [1.165, 1.54) is 6.42 Å². The third-order valence-corrected chi connectivity index (χ3v) is 6.34. The zero-order valence-corrected chi connectivity index (χ0v) is 19.5. The van der Waals surface area contributed by atoms with Crippen molar-refractivity contribution in [3.8, 4) is 0 Å². The van der Waals surface area contributed by atoms with E-state index in [-0.39, 0.29) is 35.8 Å². The van der Waals surface area contributed by atoms with Crippen LogP contribution < -0.4 is 10.6 Å². The van der Waals surface area contributed by atoms with Gasteiger partial charge in [0, 0.05) is 38.1 Å². The highest BCUT2D eigenvalue weighted by Gasteiger charge is 2.54. The highest BCUT2D eigenvalue weighted by Crippen LogP contribution is 2.61. The van der Waals surface area contributed by atoms with Gasteiger partial charge in [0.2, 0.25) is 5.91 Å². The number of amides is 1. The van der Waals surface area contributed by atoms with Crippen LogP contribution in [0.3, 0.4) is 0 Å². The van der Waals surface area contributed by atoms with Gasteiger partial charge in [-0.05, 0) is 48.6 Å². The highest BCUT2D eigenvalue weighted by molar-refractivity contribution is 14.0. The third-order valence-electron chi connectivity index (χ3n) is 6.34. The molecule has 6 heteroatoms. The molecule has 0 radical (unpaired) electrons. The van der Waals surface area contributed by atoms with Crippen LogP contribution in [0.5, 0.6) is 0 Å². The van der Waals surface area contributed by atoms with Crippen LogP contribution in [-0.4, -0.2) is 49.0 Å². The van der Waals surface area contributed by atoms with E-state index in [0.29, 0.717) is 12.0 Å². The van der Waals surface area contributed by atoms with Crippen molar-refractivity contribution in [3.05, 3.63) is 35.4 Å². The van der Waals surface area contributed by atoms with Gasteiger partial charge in [-0.1, -0.05) is 38.1 Å². The Morgan fingerprint density at radius 1 is 1.32 bits per heavy atom. The van der Waals surface area contributed by atoms with Gasteiger partial charge in [0.1, 0.15) is 0 Å². The second-order valence-electron chi connectivity index (χ2n) is 8.54. The fraction of sp³-hybridized carbons (Fsp3) is 0.636. The Kier molecular flexibility index (Phi) is 6.89. The first kappa shape index (κ1) is 21.4. The number of halogens is 1. The topological polar surface area (TPSA) is 56.7 Å². The Labute approximate surface area is 185 Å². The maximum atomic E-state index is 12.2.